The predicted octanol–water partition coefficient (Wildman–Crippen LogP) is -1.65. The van der Waals surface area contributed by atoms with Crippen molar-refractivity contribution in [3.63, 3.8) is 0 Å². The molecule has 2 amide bonds. The van der Waals surface area contributed by atoms with E-state index in [-0.39, 0.29) is 10.7 Å². The van der Waals surface area contributed by atoms with Gasteiger partial charge in [0, 0.05) is 0 Å². The van der Waals surface area contributed by atoms with E-state index in [1.807, 2.05) is 0 Å². The van der Waals surface area contributed by atoms with E-state index in [0.717, 1.165) is 6.20 Å². The van der Waals surface area contributed by atoms with Crippen LogP contribution in [0.4, 0.5) is 10.6 Å². The van der Waals surface area contributed by atoms with Crippen LogP contribution in [-0.2, 0) is 10.0 Å². The molecular weight excluding hydrogens is 198 g/mol. The second kappa shape index (κ2) is 2.94. The van der Waals surface area contributed by atoms with Crippen LogP contribution in [0.3, 0.4) is 0 Å². The molecule has 0 fully saturated rings. The van der Waals surface area contributed by atoms with Crippen molar-refractivity contribution >= 4 is 21.9 Å². The maximum Gasteiger partial charge on any atom is 0.326 e. The Labute approximate surface area is 73.3 Å². The Balaban J connectivity index is 3.09. The lowest BCUT2D eigenvalue weighted by Crippen LogP contribution is -2.35. The summed E-state index contributed by atoms with van der Waals surface area (Å²) in [5, 5.41) is 5.58. The standard InChI is InChI=1S/C4H7N5O3S/c5-3-2(1-7-8-3)13(11,12)9-4(6)10/h1H,(H3,5,7,8)(H3,6,9,10). The highest BCUT2D eigenvalue weighted by atomic mass is 32.2. The van der Waals surface area contributed by atoms with Gasteiger partial charge in [-0.1, -0.05) is 0 Å². The van der Waals surface area contributed by atoms with Crippen LogP contribution in [0.5, 0.6) is 0 Å². The monoisotopic (exact) mass is 205 g/mol. The number of amides is 2. The van der Waals surface area contributed by atoms with Crippen molar-refractivity contribution in [1.29, 1.82) is 0 Å². The number of rotatable bonds is 2. The fourth-order valence-electron chi connectivity index (χ4n) is 0.687. The molecule has 1 rings (SSSR count). The van der Waals surface area contributed by atoms with Crippen LogP contribution in [-0.4, -0.2) is 24.6 Å². The number of carbonyl (C=O) groups is 1. The molecule has 0 unspecified atom stereocenters. The van der Waals surface area contributed by atoms with Crippen molar-refractivity contribution in [3.05, 3.63) is 6.20 Å². The van der Waals surface area contributed by atoms with Crippen molar-refractivity contribution in [2.24, 2.45) is 5.73 Å². The summed E-state index contributed by atoms with van der Waals surface area (Å²) in [6, 6.07) is -1.18. The van der Waals surface area contributed by atoms with Crippen molar-refractivity contribution < 1.29 is 13.2 Å². The van der Waals surface area contributed by atoms with Crippen molar-refractivity contribution in [1.82, 2.24) is 14.9 Å². The van der Waals surface area contributed by atoms with E-state index in [2.05, 4.69) is 15.9 Å². The average molecular weight is 205 g/mol. The first kappa shape index (κ1) is 9.32. The zero-order chi connectivity index (χ0) is 10.1. The molecule has 72 valence electrons. The van der Waals surface area contributed by atoms with Gasteiger partial charge in [-0.05, 0) is 0 Å². The van der Waals surface area contributed by atoms with Crippen LogP contribution < -0.4 is 16.2 Å². The lowest BCUT2D eigenvalue weighted by Gasteiger charge is -2.00. The molecule has 0 bridgehead atoms. The van der Waals surface area contributed by atoms with Crippen LogP contribution in [0.1, 0.15) is 0 Å². The molecule has 0 aliphatic carbocycles. The third kappa shape index (κ3) is 1.87. The third-order valence-corrected chi connectivity index (χ3v) is 2.53. The number of hydrogen-bond acceptors (Lipinski definition) is 5. The SMILES string of the molecule is NC(=O)NS(=O)(=O)c1cn[nH]c1N. The lowest BCUT2D eigenvalue weighted by atomic mass is 10.7. The van der Waals surface area contributed by atoms with Crippen LogP contribution in [0.25, 0.3) is 0 Å². The van der Waals surface area contributed by atoms with Crippen LogP contribution in [0.15, 0.2) is 11.1 Å². The van der Waals surface area contributed by atoms with Gasteiger partial charge in [-0.25, -0.2) is 17.9 Å². The van der Waals surface area contributed by atoms with E-state index >= 15 is 0 Å². The molecule has 13 heavy (non-hydrogen) atoms. The van der Waals surface area contributed by atoms with Gasteiger partial charge < -0.3 is 11.5 Å². The van der Waals surface area contributed by atoms with Gasteiger partial charge >= 0.3 is 6.03 Å². The molecule has 0 saturated heterocycles. The van der Waals surface area contributed by atoms with Gasteiger partial charge in [-0.3, -0.25) is 5.10 Å². The van der Waals surface area contributed by atoms with Gasteiger partial charge in [0.15, 0.2) is 0 Å². The maximum absolute atomic E-state index is 11.2. The number of primary amides is 1. The molecule has 1 aromatic rings. The number of urea groups is 1. The molecule has 9 heteroatoms. The quantitative estimate of drug-likeness (QED) is 0.457. The van der Waals surface area contributed by atoms with Gasteiger partial charge in [0.1, 0.15) is 10.7 Å². The van der Waals surface area contributed by atoms with Crippen LogP contribution >= 0.6 is 0 Å². The van der Waals surface area contributed by atoms with Crippen molar-refractivity contribution in [2.75, 3.05) is 5.73 Å². The molecule has 1 aromatic heterocycles. The Bertz CT molecular complexity index is 421. The number of nitrogen functional groups attached to an aromatic ring is 1. The summed E-state index contributed by atoms with van der Waals surface area (Å²) in [4.78, 5) is 9.97. The highest BCUT2D eigenvalue weighted by Gasteiger charge is 2.20. The number of nitrogens with one attached hydrogen (secondary N) is 2. The Kier molecular flexibility index (Phi) is 2.10. The van der Waals surface area contributed by atoms with Gasteiger partial charge in [-0.2, -0.15) is 5.10 Å². The van der Waals surface area contributed by atoms with Crippen molar-refractivity contribution in [3.8, 4) is 0 Å². The molecule has 0 aromatic carbocycles. The van der Waals surface area contributed by atoms with Gasteiger partial charge in [-0.15, -0.1) is 0 Å². The maximum atomic E-state index is 11.2. The molecule has 0 aliphatic rings. The molecule has 0 radical (unpaired) electrons. The number of anilines is 1. The van der Waals surface area contributed by atoms with E-state index in [1.165, 1.54) is 4.72 Å². The summed E-state index contributed by atoms with van der Waals surface area (Å²) >= 11 is 0. The minimum absolute atomic E-state index is 0.159. The lowest BCUT2D eigenvalue weighted by molar-refractivity contribution is 0.253. The summed E-state index contributed by atoms with van der Waals surface area (Å²) in [5.74, 6) is -0.159. The van der Waals surface area contributed by atoms with Gasteiger partial charge in [0.2, 0.25) is 0 Å². The van der Waals surface area contributed by atoms with Crippen LogP contribution in [0.2, 0.25) is 0 Å². The van der Waals surface area contributed by atoms with E-state index in [4.69, 9.17) is 5.73 Å². The molecule has 0 atom stereocenters. The topological polar surface area (TPSA) is 144 Å². The average Bonchev–Trinajstić information content (AvgIpc) is 2.32. The summed E-state index contributed by atoms with van der Waals surface area (Å²) in [6.07, 6.45) is 0.973. The third-order valence-electron chi connectivity index (χ3n) is 1.16. The number of aromatic nitrogens is 2. The fourth-order valence-corrected chi connectivity index (χ4v) is 1.59. The second-order valence-electron chi connectivity index (χ2n) is 2.12. The summed E-state index contributed by atoms with van der Waals surface area (Å²) in [7, 11) is -3.99. The minimum Gasteiger partial charge on any atom is -0.383 e. The van der Waals surface area contributed by atoms with Gasteiger partial charge in [0.05, 0.1) is 6.20 Å². The van der Waals surface area contributed by atoms with E-state index in [9.17, 15) is 13.2 Å². The fraction of sp³-hybridized carbons (Fsp3) is 0. The molecule has 0 saturated carbocycles. The molecule has 1 heterocycles. The highest BCUT2D eigenvalue weighted by molar-refractivity contribution is 7.90. The van der Waals surface area contributed by atoms with E-state index in [0.29, 0.717) is 0 Å². The summed E-state index contributed by atoms with van der Waals surface area (Å²) in [6.45, 7) is 0. The zero-order valence-corrected chi connectivity index (χ0v) is 7.13. The van der Waals surface area contributed by atoms with E-state index < -0.39 is 16.1 Å². The Morgan fingerprint density at radius 3 is 2.62 bits per heavy atom. The first-order valence-corrected chi connectivity index (χ1v) is 4.53. The first-order chi connectivity index (χ1) is 5.93. The Morgan fingerprint density at radius 1 is 1.62 bits per heavy atom. The number of sulfonamides is 1. The number of nitrogens with zero attached hydrogens (tertiary/aromatic N) is 1. The predicted molar refractivity (Wildman–Crippen MR) is 42.9 cm³/mol. The first-order valence-electron chi connectivity index (χ1n) is 3.04. The van der Waals surface area contributed by atoms with Crippen LogP contribution in [0, 0.1) is 0 Å². The number of carbonyl (C=O) groups excluding carboxylic acids is 1. The normalized spacial score (nSPS) is 11.1. The van der Waals surface area contributed by atoms with Crippen molar-refractivity contribution in [2.45, 2.75) is 4.90 Å². The summed E-state index contributed by atoms with van der Waals surface area (Å²) in [5.41, 5.74) is 9.85. The van der Waals surface area contributed by atoms with Gasteiger partial charge in [0.25, 0.3) is 10.0 Å². The zero-order valence-electron chi connectivity index (χ0n) is 6.31. The number of nitrogens with two attached hydrogens (primary N) is 2. The Morgan fingerprint density at radius 2 is 2.23 bits per heavy atom. The largest absolute Gasteiger partial charge is 0.383 e. The summed E-state index contributed by atoms with van der Waals surface area (Å²) < 4.78 is 23.9. The molecular formula is C4H7N5O3S. The number of H-pyrrole nitrogens is 1. The number of aromatic amines is 1. The Hall–Kier alpha value is -1.77. The minimum atomic E-state index is -3.99. The molecule has 8 nitrogen and oxygen atoms in total. The molecule has 6 N–H and O–H groups in total. The molecule has 0 aliphatic heterocycles. The smallest absolute Gasteiger partial charge is 0.326 e. The van der Waals surface area contributed by atoms with E-state index in [1.54, 1.807) is 0 Å². The second-order valence-corrected chi connectivity index (χ2v) is 3.77. The molecule has 0 spiro atoms. The highest BCUT2D eigenvalue weighted by Crippen LogP contribution is 2.12. The number of hydrogen-bond donors (Lipinski definition) is 4.